The third-order valence-corrected chi connectivity index (χ3v) is 12.8. The lowest BCUT2D eigenvalue weighted by Crippen LogP contribution is -2.54. The SMILES string of the molecule is c1cc[n+](N(Cc2cc(CN(c3ccccn3)[n+]3ccccc3)cc(OCc3cccc(COc4cc(CN(c5ccccn5)[n+]5ccccc5)cc(CN(c5ccccn5)[n+]5ccccc5)c4)c3)c2)c2ccccn2)cc1. The molecule has 0 unspecified atom stereocenters. The highest BCUT2D eigenvalue weighted by molar-refractivity contribution is 5.44. The van der Waals surface area contributed by atoms with Crippen molar-refractivity contribution in [3.05, 3.63) is 314 Å². The van der Waals surface area contributed by atoms with Crippen LogP contribution < -0.4 is 48.2 Å². The maximum Gasteiger partial charge on any atom is 0.200 e. The van der Waals surface area contributed by atoms with Crippen molar-refractivity contribution in [3.8, 4) is 11.5 Å². The van der Waals surface area contributed by atoms with E-state index in [1.165, 1.54) is 0 Å². The first-order valence-corrected chi connectivity index (χ1v) is 25.8. The molecule has 11 aromatic rings. The molecule has 0 atom stereocenters. The average molecular weight is 1030 g/mol. The number of ether oxygens (including phenoxy) is 2. The number of aromatic nitrogens is 8. The number of rotatable bonds is 22. The number of anilines is 4. The van der Waals surface area contributed by atoms with Gasteiger partial charge >= 0.3 is 0 Å². The highest BCUT2D eigenvalue weighted by Crippen LogP contribution is 2.26. The Kier molecular flexibility index (Phi) is 15.8. The lowest BCUT2D eigenvalue weighted by atomic mass is 10.1. The molecule has 14 heteroatoms. The first-order valence-electron chi connectivity index (χ1n) is 25.8. The molecule has 0 aliphatic rings. The predicted octanol–water partition coefficient (Wildman–Crippen LogP) is 9.45. The Hall–Kier alpha value is -10.3. The highest BCUT2D eigenvalue weighted by Gasteiger charge is 2.24. The van der Waals surface area contributed by atoms with Crippen LogP contribution in [-0.4, -0.2) is 19.9 Å². The molecule has 0 radical (unpaired) electrons. The van der Waals surface area contributed by atoms with Gasteiger partial charge in [-0.25, -0.2) is 19.9 Å². The van der Waals surface area contributed by atoms with E-state index in [0.29, 0.717) is 39.4 Å². The summed E-state index contributed by atoms with van der Waals surface area (Å²) < 4.78 is 21.8. The van der Waals surface area contributed by atoms with Gasteiger partial charge in [0.1, 0.15) is 50.9 Å². The summed E-state index contributed by atoms with van der Waals surface area (Å²) in [6, 6.07) is 69.4. The van der Waals surface area contributed by atoms with Gasteiger partial charge in [0.25, 0.3) is 0 Å². The monoisotopic (exact) mass is 1030 g/mol. The molecule has 0 bridgehead atoms. The number of hydrogen-bond donors (Lipinski definition) is 0. The summed E-state index contributed by atoms with van der Waals surface area (Å²) >= 11 is 0. The van der Waals surface area contributed by atoms with Crippen LogP contribution in [0.1, 0.15) is 33.4 Å². The predicted molar refractivity (Wildman–Crippen MR) is 298 cm³/mol. The van der Waals surface area contributed by atoms with E-state index in [1.54, 1.807) is 0 Å². The van der Waals surface area contributed by atoms with Gasteiger partial charge in [0.05, 0.1) is 0 Å². The maximum atomic E-state index is 6.78. The highest BCUT2D eigenvalue weighted by atomic mass is 16.5. The van der Waals surface area contributed by atoms with Crippen molar-refractivity contribution in [2.24, 2.45) is 0 Å². The van der Waals surface area contributed by atoms with Crippen molar-refractivity contribution in [1.82, 2.24) is 19.9 Å². The Morgan fingerprint density at radius 1 is 0.269 bits per heavy atom. The van der Waals surface area contributed by atoms with E-state index in [4.69, 9.17) is 29.4 Å². The van der Waals surface area contributed by atoms with Gasteiger partial charge in [0, 0.05) is 73.3 Å². The Morgan fingerprint density at radius 2 is 0.538 bits per heavy atom. The quantitative estimate of drug-likeness (QED) is 0.0611. The maximum absolute atomic E-state index is 6.78. The summed E-state index contributed by atoms with van der Waals surface area (Å²) in [5.41, 5.74) is 6.21. The van der Waals surface area contributed by atoms with Crippen LogP contribution in [0, 0.1) is 0 Å². The molecule has 11 rings (SSSR count). The van der Waals surface area contributed by atoms with Crippen molar-refractivity contribution in [2.75, 3.05) is 20.0 Å². The number of hydrogen-bond acceptors (Lipinski definition) is 10. The summed E-state index contributed by atoms with van der Waals surface area (Å²) in [6.07, 6.45) is 23.5. The number of benzene rings is 3. The minimum Gasteiger partial charge on any atom is -0.489 e. The smallest absolute Gasteiger partial charge is 0.200 e. The van der Waals surface area contributed by atoms with Gasteiger partial charge in [-0.3, -0.25) is 0 Å². The fraction of sp³-hybridized carbons (Fsp3) is 0.0938. The minimum absolute atomic E-state index is 0.339. The van der Waals surface area contributed by atoms with Crippen LogP contribution in [0.15, 0.2) is 281 Å². The topological polar surface area (TPSA) is 98.5 Å². The van der Waals surface area contributed by atoms with Crippen molar-refractivity contribution < 1.29 is 28.2 Å². The van der Waals surface area contributed by atoms with E-state index in [1.807, 2.05) is 220 Å². The van der Waals surface area contributed by atoms with Crippen molar-refractivity contribution in [2.45, 2.75) is 39.4 Å². The molecule has 0 N–H and O–H groups in total. The lowest BCUT2D eigenvalue weighted by molar-refractivity contribution is -0.686. The second-order valence-corrected chi connectivity index (χ2v) is 18.4. The van der Waals surface area contributed by atoms with Crippen LogP contribution in [-0.2, 0) is 39.4 Å². The molecule has 3 aromatic carbocycles. The largest absolute Gasteiger partial charge is 0.489 e. The van der Waals surface area contributed by atoms with E-state index < -0.39 is 0 Å². The molecule has 382 valence electrons. The lowest BCUT2D eigenvalue weighted by Gasteiger charge is -2.20. The van der Waals surface area contributed by atoms with Crippen molar-refractivity contribution in [1.29, 1.82) is 0 Å². The third-order valence-electron chi connectivity index (χ3n) is 12.8. The minimum atomic E-state index is 0.339. The van der Waals surface area contributed by atoms with Crippen LogP contribution in [0.4, 0.5) is 23.3 Å². The van der Waals surface area contributed by atoms with Gasteiger partial charge in [0.2, 0.25) is 0 Å². The first kappa shape index (κ1) is 49.9. The van der Waals surface area contributed by atoms with Gasteiger partial charge in [-0.1, -0.05) is 97.6 Å². The third kappa shape index (κ3) is 12.9. The second-order valence-electron chi connectivity index (χ2n) is 18.4. The van der Waals surface area contributed by atoms with Gasteiger partial charge in [-0.05, 0) is 112 Å². The zero-order valence-corrected chi connectivity index (χ0v) is 43.0. The van der Waals surface area contributed by atoms with E-state index in [2.05, 4.69) is 99.4 Å². The van der Waals surface area contributed by atoms with Gasteiger partial charge in [-0.15, -0.1) is 20.0 Å². The molecule has 8 heterocycles. The van der Waals surface area contributed by atoms with Crippen molar-refractivity contribution >= 4 is 23.3 Å². The molecule has 0 amide bonds. The fourth-order valence-electron chi connectivity index (χ4n) is 9.17. The molecule has 0 aliphatic carbocycles. The number of pyridine rings is 8. The molecular formula is C64H58N12O2+4. The van der Waals surface area contributed by atoms with E-state index in [-0.39, 0.29) is 0 Å². The summed E-state index contributed by atoms with van der Waals surface area (Å²) in [5, 5.41) is 8.58. The first-order chi connectivity index (χ1) is 38.6. The summed E-state index contributed by atoms with van der Waals surface area (Å²) in [6.45, 7) is 2.76. The van der Waals surface area contributed by atoms with E-state index >= 15 is 0 Å². The Labute approximate surface area is 454 Å². The molecule has 78 heavy (non-hydrogen) atoms. The summed E-state index contributed by atoms with van der Waals surface area (Å²) in [5.74, 6) is 4.74. The van der Waals surface area contributed by atoms with Crippen LogP contribution in [0.25, 0.3) is 0 Å². The van der Waals surface area contributed by atoms with Gasteiger partial charge in [-0.2, -0.15) is 0 Å². The van der Waals surface area contributed by atoms with Crippen LogP contribution in [0.3, 0.4) is 0 Å². The Morgan fingerprint density at radius 3 is 0.795 bits per heavy atom. The zero-order chi connectivity index (χ0) is 52.6. The molecule has 0 fully saturated rings. The molecule has 0 spiro atoms. The molecule has 14 nitrogen and oxygen atoms in total. The molecule has 0 saturated carbocycles. The molecule has 8 aromatic heterocycles. The second kappa shape index (κ2) is 24.8. The Balaban J connectivity index is 0.874. The fourth-order valence-corrected chi connectivity index (χ4v) is 9.17. The van der Waals surface area contributed by atoms with Gasteiger partial charge < -0.3 is 9.47 Å². The van der Waals surface area contributed by atoms with Crippen LogP contribution >= 0.6 is 0 Å². The Bertz CT molecular complexity index is 3000. The zero-order valence-electron chi connectivity index (χ0n) is 43.0. The van der Waals surface area contributed by atoms with Crippen LogP contribution in [0.5, 0.6) is 11.5 Å². The number of nitrogens with zero attached hydrogens (tertiary/aromatic N) is 12. The summed E-state index contributed by atoms with van der Waals surface area (Å²) in [4.78, 5) is 19.0. The molecule has 0 aliphatic heterocycles. The normalized spacial score (nSPS) is 10.9. The average Bonchev–Trinajstić information content (AvgIpc) is 3.53. The van der Waals surface area contributed by atoms with Gasteiger partial charge in [0.15, 0.2) is 72.8 Å². The van der Waals surface area contributed by atoms with Crippen molar-refractivity contribution in [3.63, 3.8) is 0 Å². The summed E-state index contributed by atoms with van der Waals surface area (Å²) in [7, 11) is 0. The molecular weight excluding hydrogens is 969 g/mol. The molecule has 0 saturated heterocycles. The van der Waals surface area contributed by atoms with E-state index in [9.17, 15) is 0 Å². The standard InChI is InChI=1S/C64H58N12O2/c1-13-32-69(33-14-1)73(61-24-5-9-28-65-61)47-55-41-56(48-74(62-25-6-10-29-66-62)70-34-15-2-16-35-70)44-59(43-55)77-51-53-22-21-23-54(40-53)52-78-60-45-57(49-75(63-26-7-11-30-67-63)71-36-17-3-18-37-71)42-58(46-60)50-76(64-27-8-12-31-68-64)72-38-19-4-20-39-72/h1-46H,47-52H2/q+4. The van der Waals surface area contributed by atoms with Crippen LogP contribution in [0.2, 0.25) is 0 Å². The van der Waals surface area contributed by atoms with E-state index in [0.717, 1.165) is 68.2 Å².